The van der Waals surface area contributed by atoms with Crippen LogP contribution >= 0.6 is 0 Å². The maximum Gasteiger partial charge on any atom is 0.203 e. The summed E-state index contributed by atoms with van der Waals surface area (Å²) in [5.74, 6) is -2.66. The number of aromatic hydroxyl groups is 4. The minimum atomic E-state index is -1.84. The van der Waals surface area contributed by atoms with Crippen LogP contribution in [0.1, 0.15) is 38.7 Å². The van der Waals surface area contributed by atoms with Gasteiger partial charge < -0.3 is 60.4 Å². The first-order chi connectivity index (χ1) is 21.0. The average molecular weight is 614 g/mol. The first-order valence-corrected chi connectivity index (χ1v) is 14.0. The van der Waals surface area contributed by atoms with E-state index in [1.165, 1.54) is 0 Å². The molecule has 9 N–H and O–H groups in total. The molecule has 5 rings (SSSR count). The number of ether oxygens (including phenoxy) is 3. The number of benzene rings is 3. The summed E-state index contributed by atoms with van der Waals surface area (Å²) in [6.07, 6.45) is -10.5. The minimum Gasteiger partial charge on any atom is -0.508 e. The molecule has 0 unspecified atom stereocenters. The number of hydrogen-bond acceptors (Lipinski definition) is 13. The number of carbonyl (C=O) groups excluding carboxylic acids is 1. The van der Waals surface area contributed by atoms with Crippen molar-refractivity contribution in [3.8, 4) is 28.7 Å². The Kier molecular flexibility index (Phi) is 9.27. The maximum atomic E-state index is 13.9. The standard InChI is InChI=1S/C31H35NO12/c1-32-12-18-17(9-15(23(35)24(18)36)8-7-14-5-3-2-4-6-14)29-30(26(38)22-19(34)10-16(33)11-20(22)43-29)42-13-21-25(37)27(39)28(40)31(41)44-21/h2-6,9-11,21,25,27-37,39-41H,7-8,12-13H2,1H3/t21-,25+,27+,28-,29-,30+,31-/m0/s1. The molecule has 44 heavy (non-hydrogen) atoms. The first kappa shape index (κ1) is 31.5. The van der Waals surface area contributed by atoms with E-state index in [1.807, 2.05) is 30.3 Å². The predicted molar refractivity (Wildman–Crippen MR) is 152 cm³/mol. The number of carbonyl (C=O) groups is 1. The van der Waals surface area contributed by atoms with Gasteiger partial charge in [0.15, 0.2) is 30.0 Å². The predicted octanol–water partition coefficient (Wildman–Crippen LogP) is 0.515. The van der Waals surface area contributed by atoms with E-state index in [0.717, 1.165) is 17.7 Å². The number of nitrogens with one attached hydrogen (secondary N) is 1. The Morgan fingerprint density at radius 3 is 2.32 bits per heavy atom. The van der Waals surface area contributed by atoms with E-state index in [9.17, 15) is 45.6 Å². The van der Waals surface area contributed by atoms with Gasteiger partial charge in [0.1, 0.15) is 47.2 Å². The molecular weight excluding hydrogens is 578 g/mol. The Balaban J connectivity index is 1.56. The van der Waals surface area contributed by atoms with E-state index < -0.39 is 66.8 Å². The summed E-state index contributed by atoms with van der Waals surface area (Å²) < 4.78 is 17.3. The van der Waals surface area contributed by atoms with Crippen molar-refractivity contribution in [3.63, 3.8) is 0 Å². The SMILES string of the molecule is CNCc1c([C@@H]2Oc3cc(O)cc(O)c3C(=O)[C@H]2OC[C@@H]2O[C@H](O)[C@@H](O)[C@H](O)[C@@H]2O)cc(CCc2ccccc2)c(O)c1O. The summed E-state index contributed by atoms with van der Waals surface area (Å²) in [6, 6.07) is 13.2. The Morgan fingerprint density at radius 1 is 0.886 bits per heavy atom. The van der Waals surface area contributed by atoms with E-state index >= 15 is 0 Å². The van der Waals surface area contributed by atoms with Crippen LogP contribution in [0.4, 0.5) is 0 Å². The molecule has 13 nitrogen and oxygen atoms in total. The van der Waals surface area contributed by atoms with Crippen molar-refractivity contribution in [2.24, 2.45) is 0 Å². The van der Waals surface area contributed by atoms with Gasteiger partial charge in [-0.15, -0.1) is 0 Å². The minimum absolute atomic E-state index is 0.0351. The fourth-order valence-corrected chi connectivity index (χ4v) is 5.57. The van der Waals surface area contributed by atoms with Crippen molar-refractivity contribution in [2.45, 2.75) is 62.3 Å². The van der Waals surface area contributed by atoms with Crippen molar-refractivity contribution in [1.82, 2.24) is 5.32 Å². The van der Waals surface area contributed by atoms with Crippen LogP contribution in [0.2, 0.25) is 0 Å². The molecule has 0 spiro atoms. The fraction of sp³-hybridized carbons (Fsp3) is 0.387. The molecule has 0 aromatic heterocycles. The van der Waals surface area contributed by atoms with E-state index in [4.69, 9.17) is 14.2 Å². The molecule has 1 saturated heterocycles. The van der Waals surface area contributed by atoms with Crippen LogP contribution in [-0.2, 0) is 28.9 Å². The smallest absolute Gasteiger partial charge is 0.203 e. The largest absolute Gasteiger partial charge is 0.508 e. The molecule has 2 aliphatic heterocycles. The van der Waals surface area contributed by atoms with Crippen LogP contribution in [-0.4, -0.2) is 97.1 Å². The molecule has 0 radical (unpaired) electrons. The van der Waals surface area contributed by atoms with Gasteiger partial charge in [0, 0.05) is 29.8 Å². The fourth-order valence-electron chi connectivity index (χ4n) is 5.57. The van der Waals surface area contributed by atoms with Gasteiger partial charge in [0.2, 0.25) is 5.78 Å². The number of Topliss-reactive ketones (excluding diaryl/α,β-unsaturated/α-hetero) is 1. The van der Waals surface area contributed by atoms with Crippen molar-refractivity contribution in [1.29, 1.82) is 0 Å². The third-order valence-corrected chi connectivity index (χ3v) is 7.91. The van der Waals surface area contributed by atoms with Crippen LogP contribution in [0.25, 0.3) is 0 Å². The second-order valence-electron chi connectivity index (χ2n) is 10.8. The molecule has 236 valence electrons. The second-order valence-corrected chi connectivity index (χ2v) is 10.8. The highest BCUT2D eigenvalue weighted by atomic mass is 16.6. The van der Waals surface area contributed by atoms with Gasteiger partial charge in [-0.05, 0) is 37.1 Å². The molecule has 1 fully saturated rings. The number of aliphatic hydroxyl groups is 4. The van der Waals surface area contributed by atoms with Crippen molar-refractivity contribution < 1.29 is 59.9 Å². The molecule has 0 amide bonds. The van der Waals surface area contributed by atoms with Crippen molar-refractivity contribution >= 4 is 5.78 Å². The van der Waals surface area contributed by atoms with Crippen molar-refractivity contribution in [3.05, 3.63) is 76.3 Å². The number of phenolic OH excluding ortho intramolecular Hbond substituents is 4. The lowest BCUT2D eigenvalue weighted by Crippen LogP contribution is -2.59. The number of aryl methyl sites for hydroxylation is 2. The topological polar surface area (TPSA) is 219 Å². The summed E-state index contributed by atoms with van der Waals surface area (Å²) in [5, 5.41) is 85.9. The van der Waals surface area contributed by atoms with Gasteiger partial charge in [-0.1, -0.05) is 30.3 Å². The summed E-state index contributed by atoms with van der Waals surface area (Å²) in [7, 11) is 1.61. The molecule has 7 atom stereocenters. The zero-order valence-electron chi connectivity index (χ0n) is 23.7. The summed E-state index contributed by atoms with van der Waals surface area (Å²) in [5.41, 5.74) is 1.50. The summed E-state index contributed by atoms with van der Waals surface area (Å²) >= 11 is 0. The van der Waals surface area contributed by atoms with Gasteiger partial charge >= 0.3 is 0 Å². The Bertz CT molecular complexity index is 1500. The molecule has 0 bridgehead atoms. The number of fused-ring (bicyclic) bond motifs is 1. The van der Waals surface area contributed by atoms with Gasteiger partial charge in [0.05, 0.1) is 6.61 Å². The van der Waals surface area contributed by atoms with Crippen LogP contribution in [0.3, 0.4) is 0 Å². The Morgan fingerprint density at radius 2 is 1.61 bits per heavy atom. The second kappa shape index (κ2) is 13.0. The monoisotopic (exact) mass is 613 g/mol. The van der Waals surface area contributed by atoms with Crippen LogP contribution in [0, 0.1) is 0 Å². The number of rotatable bonds is 9. The summed E-state index contributed by atoms with van der Waals surface area (Å²) in [4.78, 5) is 13.9. The van der Waals surface area contributed by atoms with Crippen LogP contribution < -0.4 is 10.1 Å². The lowest BCUT2D eigenvalue weighted by atomic mass is 9.87. The molecule has 3 aromatic carbocycles. The normalized spacial score (nSPS) is 26.7. The van der Waals surface area contributed by atoms with E-state index in [-0.39, 0.29) is 40.5 Å². The lowest BCUT2D eigenvalue weighted by Gasteiger charge is -2.39. The van der Waals surface area contributed by atoms with Gasteiger partial charge in [-0.2, -0.15) is 0 Å². The molecule has 3 aromatic rings. The molecule has 0 aliphatic carbocycles. The summed E-state index contributed by atoms with van der Waals surface area (Å²) in [6.45, 7) is -0.536. The highest BCUT2D eigenvalue weighted by Gasteiger charge is 2.46. The average Bonchev–Trinajstić information content (AvgIpc) is 3.00. The quantitative estimate of drug-likeness (QED) is 0.151. The number of ketones is 1. The number of aliphatic hydroxyl groups excluding tert-OH is 4. The molecule has 13 heteroatoms. The first-order valence-electron chi connectivity index (χ1n) is 14.0. The van der Waals surface area contributed by atoms with Crippen LogP contribution in [0.5, 0.6) is 28.7 Å². The molecule has 2 aliphatic rings. The number of hydrogen-bond donors (Lipinski definition) is 9. The van der Waals surface area contributed by atoms with Crippen molar-refractivity contribution in [2.75, 3.05) is 13.7 Å². The molecule has 0 saturated carbocycles. The van der Waals surface area contributed by atoms with Gasteiger partial charge in [0.25, 0.3) is 0 Å². The zero-order chi connectivity index (χ0) is 31.7. The highest BCUT2D eigenvalue weighted by molar-refractivity contribution is 6.05. The van der Waals surface area contributed by atoms with E-state index in [0.29, 0.717) is 18.4 Å². The van der Waals surface area contributed by atoms with Gasteiger partial charge in [-0.25, -0.2) is 0 Å². The Hall–Kier alpha value is -3.95. The third-order valence-electron chi connectivity index (χ3n) is 7.91. The van der Waals surface area contributed by atoms with Crippen LogP contribution in [0.15, 0.2) is 48.5 Å². The van der Waals surface area contributed by atoms with E-state index in [2.05, 4.69) is 5.32 Å². The third kappa shape index (κ3) is 6.03. The maximum absolute atomic E-state index is 13.9. The number of phenols is 4. The Labute approximate surface area is 252 Å². The van der Waals surface area contributed by atoms with E-state index in [1.54, 1.807) is 13.1 Å². The lowest BCUT2D eigenvalue weighted by molar-refractivity contribution is -0.290. The molecular formula is C31H35NO12. The van der Waals surface area contributed by atoms with Gasteiger partial charge in [-0.3, -0.25) is 4.79 Å². The highest BCUT2D eigenvalue weighted by Crippen LogP contribution is 2.46. The zero-order valence-corrected chi connectivity index (χ0v) is 23.7. The molecule has 2 heterocycles.